The molecule has 2 rings (SSSR count). The molecule has 0 amide bonds. The summed E-state index contributed by atoms with van der Waals surface area (Å²) in [7, 11) is 1.75. The Balaban J connectivity index is 0.00000364. The van der Waals surface area contributed by atoms with Crippen molar-refractivity contribution in [1.82, 2.24) is 10.6 Å². The lowest BCUT2D eigenvalue weighted by molar-refractivity contribution is -0.384. The van der Waals surface area contributed by atoms with Crippen LogP contribution in [0.3, 0.4) is 0 Å². The summed E-state index contributed by atoms with van der Waals surface area (Å²) in [5.74, 6) is 0.752. The summed E-state index contributed by atoms with van der Waals surface area (Å²) >= 11 is 0. The molecule has 152 valence electrons. The monoisotopic (exact) mass is 490 g/mol. The van der Waals surface area contributed by atoms with Crippen LogP contribution in [0.1, 0.15) is 44.6 Å². The molecule has 1 saturated carbocycles. The fourth-order valence-corrected chi connectivity index (χ4v) is 3.51. The molecule has 27 heavy (non-hydrogen) atoms. The third kappa shape index (κ3) is 7.61. The van der Waals surface area contributed by atoms with Gasteiger partial charge in [0.05, 0.1) is 11.5 Å². The maximum absolute atomic E-state index is 10.9. The highest BCUT2D eigenvalue weighted by atomic mass is 127. The molecule has 0 unspecified atom stereocenters. The normalized spacial score (nSPS) is 15.9. The van der Waals surface area contributed by atoms with Gasteiger partial charge in [0.15, 0.2) is 5.96 Å². The van der Waals surface area contributed by atoms with Gasteiger partial charge >= 0.3 is 0 Å². The molecule has 1 aliphatic rings. The Hall–Kier alpha value is -1.42. The number of methoxy groups -OCH3 is 1. The molecule has 8 heteroatoms. The number of nitro benzene ring substituents is 1. The van der Waals surface area contributed by atoms with Gasteiger partial charge in [-0.2, -0.15) is 0 Å². The summed E-state index contributed by atoms with van der Waals surface area (Å²) in [6, 6.07) is 6.62. The van der Waals surface area contributed by atoms with Crippen molar-refractivity contribution in [1.29, 1.82) is 0 Å². The van der Waals surface area contributed by atoms with E-state index in [2.05, 4.69) is 15.6 Å². The molecule has 0 aliphatic heterocycles. The van der Waals surface area contributed by atoms with Gasteiger partial charge < -0.3 is 15.4 Å². The quantitative estimate of drug-likeness (QED) is 0.181. The molecule has 0 atom stereocenters. The van der Waals surface area contributed by atoms with Crippen molar-refractivity contribution in [2.75, 3.05) is 26.8 Å². The SMILES string of the molecule is CCNC(=NCc1cccc([N+](=O)[O-])c1)NCC1(CCOC)CCCC1.I. The largest absolute Gasteiger partial charge is 0.385 e. The van der Waals surface area contributed by atoms with Gasteiger partial charge in [0.1, 0.15) is 0 Å². The van der Waals surface area contributed by atoms with Crippen molar-refractivity contribution in [2.45, 2.75) is 45.6 Å². The van der Waals surface area contributed by atoms with Crippen molar-refractivity contribution in [2.24, 2.45) is 10.4 Å². The van der Waals surface area contributed by atoms with Gasteiger partial charge in [0, 0.05) is 38.9 Å². The molecule has 1 aliphatic carbocycles. The topological polar surface area (TPSA) is 88.8 Å². The van der Waals surface area contributed by atoms with Crippen molar-refractivity contribution in [3.63, 3.8) is 0 Å². The van der Waals surface area contributed by atoms with Gasteiger partial charge in [0.2, 0.25) is 0 Å². The summed E-state index contributed by atoms with van der Waals surface area (Å²) in [6.45, 7) is 4.86. The molecule has 1 aromatic carbocycles. The Kier molecular flexibility index (Phi) is 10.6. The van der Waals surface area contributed by atoms with E-state index in [1.165, 1.54) is 31.7 Å². The number of rotatable bonds is 9. The van der Waals surface area contributed by atoms with E-state index in [1.807, 2.05) is 13.0 Å². The molecule has 0 bridgehead atoms. The minimum Gasteiger partial charge on any atom is -0.385 e. The molecule has 0 spiro atoms. The first kappa shape index (κ1) is 23.6. The molecule has 7 nitrogen and oxygen atoms in total. The number of hydrogen-bond acceptors (Lipinski definition) is 4. The predicted molar refractivity (Wildman–Crippen MR) is 119 cm³/mol. The van der Waals surface area contributed by atoms with Gasteiger partial charge in [-0.05, 0) is 37.2 Å². The second kappa shape index (κ2) is 12.1. The molecule has 0 radical (unpaired) electrons. The van der Waals surface area contributed by atoms with Crippen LogP contribution in [0.4, 0.5) is 5.69 Å². The predicted octanol–water partition coefficient (Wildman–Crippen LogP) is 3.86. The van der Waals surface area contributed by atoms with E-state index in [4.69, 9.17) is 4.74 Å². The van der Waals surface area contributed by atoms with E-state index in [0.717, 1.165) is 37.6 Å². The van der Waals surface area contributed by atoms with E-state index in [1.54, 1.807) is 19.2 Å². The number of non-ortho nitro benzene ring substituents is 1. The lowest BCUT2D eigenvalue weighted by atomic mass is 9.83. The fourth-order valence-electron chi connectivity index (χ4n) is 3.51. The minimum atomic E-state index is -0.379. The van der Waals surface area contributed by atoms with E-state index in [9.17, 15) is 10.1 Å². The van der Waals surface area contributed by atoms with Gasteiger partial charge in [0.25, 0.3) is 5.69 Å². The Morgan fingerprint density at radius 3 is 2.70 bits per heavy atom. The summed E-state index contributed by atoms with van der Waals surface area (Å²) in [5.41, 5.74) is 1.20. The Morgan fingerprint density at radius 2 is 2.07 bits per heavy atom. The number of nitrogens with one attached hydrogen (secondary N) is 2. The van der Waals surface area contributed by atoms with E-state index >= 15 is 0 Å². The van der Waals surface area contributed by atoms with Crippen LogP contribution in [0.25, 0.3) is 0 Å². The fraction of sp³-hybridized carbons (Fsp3) is 0.632. The molecule has 2 N–H and O–H groups in total. The highest BCUT2D eigenvalue weighted by Crippen LogP contribution is 2.40. The molecule has 0 heterocycles. The number of aliphatic imine (C=N–C) groups is 1. The number of halogens is 1. The number of nitro groups is 1. The van der Waals surface area contributed by atoms with Crippen molar-refractivity contribution in [3.8, 4) is 0 Å². The molecular weight excluding hydrogens is 459 g/mol. The van der Waals surface area contributed by atoms with Crippen LogP contribution in [0.5, 0.6) is 0 Å². The van der Waals surface area contributed by atoms with E-state index in [0.29, 0.717) is 6.54 Å². The third-order valence-corrected chi connectivity index (χ3v) is 5.02. The highest BCUT2D eigenvalue weighted by molar-refractivity contribution is 14.0. The van der Waals surface area contributed by atoms with Crippen molar-refractivity contribution in [3.05, 3.63) is 39.9 Å². The Morgan fingerprint density at radius 1 is 1.33 bits per heavy atom. The molecule has 1 fully saturated rings. The van der Waals surface area contributed by atoms with Gasteiger partial charge in [-0.3, -0.25) is 10.1 Å². The second-order valence-corrected chi connectivity index (χ2v) is 6.93. The van der Waals surface area contributed by atoms with Gasteiger partial charge in [-0.25, -0.2) is 4.99 Å². The van der Waals surface area contributed by atoms with E-state index < -0.39 is 0 Å². The van der Waals surface area contributed by atoms with Gasteiger partial charge in [-0.1, -0.05) is 25.0 Å². The summed E-state index contributed by atoms with van der Waals surface area (Å²) < 4.78 is 5.29. The number of nitrogens with zero attached hydrogens (tertiary/aromatic N) is 2. The van der Waals surface area contributed by atoms with Crippen LogP contribution in [0.2, 0.25) is 0 Å². The zero-order valence-electron chi connectivity index (χ0n) is 16.2. The average molecular weight is 490 g/mol. The maximum Gasteiger partial charge on any atom is 0.269 e. The smallest absolute Gasteiger partial charge is 0.269 e. The van der Waals surface area contributed by atoms with Crippen LogP contribution < -0.4 is 10.6 Å². The lowest BCUT2D eigenvalue weighted by Crippen LogP contribution is -2.43. The summed E-state index contributed by atoms with van der Waals surface area (Å²) in [6.07, 6.45) is 6.03. The van der Waals surface area contributed by atoms with Crippen LogP contribution in [-0.4, -0.2) is 37.7 Å². The van der Waals surface area contributed by atoms with Gasteiger partial charge in [-0.15, -0.1) is 24.0 Å². The minimum absolute atomic E-state index is 0. The van der Waals surface area contributed by atoms with Crippen LogP contribution in [-0.2, 0) is 11.3 Å². The average Bonchev–Trinajstić information content (AvgIpc) is 3.12. The lowest BCUT2D eigenvalue weighted by Gasteiger charge is -2.30. The zero-order valence-corrected chi connectivity index (χ0v) is 18.5. The number of benzene rings is 1. The first-order valence-corrected chi connectivity index (χ1v) is 9.33. The summed E-state index contributed by atoms with van der Waals surface area (Å²) in [5, 5.41) is 17.6. The molecular formula is C19H31IN4O3. The third-order valence-electron chi connectivity index (χ3n) is 5.02. The molecule has 1 aromatic rings. The number of guanidine groups is 1. The summed E-state index contributed by atoms with van der Waals surface area (Å²) in [4.78, 5) is 15.1. The van der Waals surface area contributed by atoms with Crippen molar-refractivity contribution < 1.29 is 9.66 Å². The van der Waals surface area contributed by atoms with Crippen molar-refractivity contribution >= 4 is 35.6 Å². The Bertz CT molecular complexity index is 619. The standard InChI is InChI=1S/C19H30N4O3.HI/c1-3-20-18(21-14-16-7-6-8-17(13-16)23(24)25)22-15-19(11-12-26-2)9-4-5-10-19;/h6-8,13H,3-5,9-12,14-15H2,1-2H3,(H2,20,21,22);1H. The first-order chi connectivity index (χ1) is 12.6. The number of ether oxygens (including phenoxy) is 1. The van der Waals surface area contributed by atoms with E-state index in [-0.39, 0.29) is 40.0 Å². The Labute approximate surface area is 178 Å². The van der Waals surface area contributed by atoms with Crippen LogP contribution >= 0.6 is 24.0 Å². The zero-order chi connectivity index (χ0) is 18.8. The first-order valence-electron chi connectivity index (χ1n) is 9.33. The second-order valence-electron chi connectivity index (χ2n) is 6.93. The maximum atomic E-state index is 10.9. The molecule has 0 saturated heterocycles. The van der Waals surface area contributed by atoms with Crippen LogP contribution in [0, 0.1) is 15.5 Å². The molecule has 0 aromatic heterocycles. The number of hydrogen-bond donors (Lipinski definition) is 2. The van der Waals surface area contributed by atoms with Crippen LogP contribution in [0.15, 0.2) is 29.3 Å². The highest BCUT2D eigenvalue weighted by Gasteiger charge is 2.33.